The third-order valence-corrected chi connectivity index (χ3v) is 3.82. The summed E-state index contributed by atoms with van der Waals surface area (Å²) in [6.07, 6.45) is 0.328. The van der Waals surface area contributed by atoms with Crippen LogP contribution in [0.1, 0.15) is 15.9 Å². The third kappa shape index (κ3) is 4.94. The molecular weight excluding hydrogens is 416 g/mol. The molecule has 2 aromatic rings. The maximum atomic E-state index is 14.2. The Labute approximate surface area is 156 Å². The Kier molecular flexibility index (Phi) is 6.98. The highest BCUT2D eigenvalue weighted by atomic mass is 79.9. The van der Waals surface area contributed by atoms with E-state index in [-0.39, 0.29) is 18.0 Å². The van der Waals surface area contributed by atoms with Crippen LogP contribution in [-0.2, 0) is 4.84 Å². The first kappa shape index (κ1) is 20.2. The summed E-state index contributed by atoms with van der Waals surface area (Å²) in [5.41, 5.74) is 2.17. The van der Waals surface area contributed by atoms with E-state index < -0.39 is 35.9 Å². The van der Waals surface area contributed by atoms with Crippen LogP contribution < -0.4 is 10.8 Å². The molecule has 0 fully saturated rings. The van der Waals surface area contributed by atoms with Gasteiger partial charge in [-0.3, -0.25) is 9.63 Å². The molecule has 1 aromatic carbocycles. The molecule has 0 aliphatic heterocycles. The van der Waals surface area contributed by atoms with Crippen molar-refractivity contribution in [2.45, 2.75) is 13.0 Å². The van der Waals surface area contributed by atoms with Crippen molar-refractivity contribution in [3.8, 4) is 0 Å². The molecule has 26 heavy (non-hydrogen) atoms. The van der Waals surface area contributed by atoms with E-state index in [1.807, 2.05) is 5.48 Å². The van der Waals surface area contributed by atoms with Crippen molar-refractivity contribution in [3.05, 3.63) is 51.6 Å². The molecule has 1 heterocycles. The van der Waals surface area contributed by atoms with E-state index >= 15 is 0 Å². The number of anilines is 2. The van der Waals surface area contributed by atoms with Gasteiger partial charge in [0.1, 0.15) is 18.5 Å². The molecular formula is C16H16BrF2N3O4. The fraction of sp³-hybridized carbons (Fsp3) is 0.250. The predicted molar refractivity (Wildman–Crippen MR) is 92.8 cm³/mol. The first-order chi connectivity index (χ1) is 12.3. The molecule has 0 aliphatic rings. The highest BCUT2D eigenvalue weighted by Crippen LogP contribution is 2.29. The molecule has 140 valence electrons. The molecule has 0 unspecified atom stereocenters. The number of aromatic nitrogens is 1. The number of benzene rings is 1. The number of nitrogens with zero attached hydrogens (tertiary/aromatic N) is 1. The molecule has 0 saturated carbocycles. The zero-order chi connectivity index (χ0) is 19.3. The first-order valence-corrected chi connectivity index (χ1v) is 8.21. The predicted octanol–water partition coefficient (Wildman–Crippen LogP) is 2.19. The molecule has 7 nitrogen and oxygen atoms in total. The average molecular weight is 432 g/mol. The van der Waals surface area contributed by atoms with Gasteiger partial charge in [0, 0.05) is 6.20 Å². The van der Waals surface area contributed by atoms with Crippen molar-refractivity contribution < 1.29 is 28.6 Å². The molecule has 0 spiro atoms. The number of carbonyl (C=O) groups is 1. The number of hydroxylamine groups is 1. The van der Waals surface area contributed by atoms with E-state index in [2.05, 4.69) is 26.2 Å². The smallest absolute Gasteiger partial charge is 0.277 e. The lowest BCUT2D eigenvalue weighted by atomic mass is 10.1. The highest BCUT2D eigenvalue weighted by molar-refractivity contribution is 9.10. The molecule has 2 rings (SSSR count). The number of hydrogen-bond donors (Lipinski definition) is 4. The number of rotatable bonds is 7. The Balaban J connectivity index is 2.27. The number of nitrogens with one attached hydrogen (secondary N) is 2. The summed E-state index contributed by atoms with van der Waals surface area (Å²) in [5.74, 6) is -3.10. The average Bonchev–Trinajstić information content (AvgIpc) is 2.60. The molecule has 4 N–H and O–H groups in total. The second-order valence-corrected chi connectivity index (χ2v) is 6.18. The van der Waals surface area contributed by atoms with E-state index in [0.717, 1.165) is 17.7 Å². The van der Waals surface area contributed by atoms with Crippen LogP contribution in [-0.4, -0.2) is 40.4 Å². The van der Waals surface area contributed by atoms with Gasteiger partial charge in [-0.15, -0.1) is 0 Å². The van der Waals surface area contributed by atoms with Crippen LogP contribution in [0.2, 0.25) is 0 Å². The number of carbonyl (C=O) groups excluding carboxylic acids is 1. The molecule has 0 aliphatic carbocycles. The Hall–Kier alpha value is -2.14. The topological polar surface area (TPSA) is 104 Å². The number of amides is 1. The maximum Gasteiger partial charge on any atom is 0.277 e. The molecule has 1 amide bonds. The normalized spacial score (nSPS) is 11.9. The van der Waals surface area contributed by atoms with Crippen molar-refractivity contribution in [3.63, 3.8) is 0 Å². The number of pyridine rings is 1. The summed E-state index contributed by atoms with van der Waals surface area (Å²) in [7, 11) is 0. The quantitative estimate of drug-likeness (QED) is 0.501. The van der Waals surface area contributed by atoms with E-state index in [1.54, 1.807) is 13.0 Å². The van der Waals surface area contributed by atoms with Gasteiger partial charge in [-0.25, -0.2) is 19.2 Å². The van der Waals surface area contributed by atoms with Crippen molar-refractivity contribution in [2.75, 3.05) is 18.5 Å². The van der Waals surface area contributed by atoms with Gasteiger partial charge in [-0.05, 0) is 46.6 Å². The summed E-state index contributed by atoms with van der Waals surface area (Å²) < 4.78 is 28.4. The molecule has 1 aromatic heterocycles. The summed E-state index contributed by atoms with van der Waals surface area (Å²) in [5, 5.41) is 20.4. The van der Waals surface area contributed by atoms with Crippen molar-refractivity contribution in [2.24, 2.45) is 0 Å². The minimum atomic E-state index is -1.26. The van der Waals surface area contributed by atoms with Crippen LogP contribution >= 0.6 is 15.9 Å². The second kappa shape index (κ2) is 8.99. The van der Waals surface area contributed by atoms with Crippen LogP contribution in [0.5, 0.6) is 0 Å². The maximum absolute atomic E-state index is 14.2. The Morgan fingerprint density at radius 2 is 2.15 bits per heavy atom. The lowest BCUT2D eigenvalue weighted by Gasteiger charge is -2.15. The number of aryl methyl sites for hydroxylation is 1. The van der Waals surface area contributed by atoms with E-state index in [4.69, 9.17) is 15.1 Å². The molecule has 1 atom stereocenters. The van der Waals surface area contributed by atoms with Gasteiger partial charge in [-0.2, -0.15) is 0 Å². The SMILES string of the molecule is Cc1cnc(Nc2c(C(=O)NOC[C@H](O)CO)ccc(F)c2F)c(Br)c1. The van der Waals surface area contributed by atoms with Gasteiger partial charge < -0.3 is 15.5 Å². The fourth-order valence-electron chi connectivity index (χ4n) is 1.92. The van der Waals surface area contributed by atoms with Gasteiger partial charge in [0.15, 0.2) is 11.6 Å². The van der Waals surface area contributed by atoms with E-state index in [0.29, 0.717) is 4.47 Å². The first-order valence-electron chi connectivity index (χ1n) is 7.41. The third-order valence-electron chi connectivity index (χ3n) is 3.21. The summed E-state index contributed by atoms with van der Waals surface area (Å²) >= 11 is 3.26. The highest BCUT2D eigenvalue weighted by Gasteiger charge is 2.20. The Morgan fingerprint density at radius 1 is 1.42 bits per heavy atom. The lowest BCUT2D eigenvalue weighted by Crippen LogP contribution is -2.30. The number of aliphatic hydroxyl groups is 2. The largest absolute Gasteiger partial charge is 0.394 e. The fourth-order valence-corrected chi connectivity index (χ4v) is 2.48. The van der Waals surface area contributed by atoms with Gasteiger partial charge in [0.05, 0.1) is 22.3 Å². The van der Waals surface area contributed by atoms with E-state index in [9.17, 15) is 13.6 Å². The zero-order valence-electron chi connectivity index (χ0n) is 13.6. The zero-order valence-corrected chi connectivity index (χ0v) is 15.2. The van der Waals surface area contributed by atoms with Gasteiger partial charge in [-0.1, -0.05) is 0 Å². The van der Waals surface area contributed by atoms with Crippen LogP contribution in [0.4, 0.5) is 20.3 Å². The monoisotopic (exact) mass is 431 g/mol. The van der Waals surface area contributed by atoms with Gasteiger partial charge in [0.25, 0.3) is 5.91 Å². The molecule has 10 heteroatoms. The number of aliphatic hydroxyl groups excluding tert-OH is 2. The van der Waals surface area contributed by atoms with Crippen LogP contribution in [0.25, 0.3) is 0 Å². The van der Waals surface area contributed by atoms with Gasteiger partial charge in [0.2, 0.25) is 0 Å². The number of hydrogen-bond acceptors (Lipinski definition) is 6. The van der Waals surface area contributed by atoms with Crippen molar-refractivity contribution in [1.82, 2.24) is 10.5 Å². The van der Waals surface area contributed by atoms with Crippen molar-refractivity contribution in [1.29, 1.82) is 0 Å². The van der Waals surface area contributed by atoms with E-state index in [1.165, 1.54) is 6.20 Å². The molecule has 0 radical (unpaired) electrons. The minimum Gasteiger partial charge on any atom is -0.394 e. The molecule has 0 saturated heterocycles. The van der Waals surface area contributed by atoms with Crippen molar-refractivity contribution >= 4 is 33.3 Å². The standard InChI is InChI=1S/C16H16BrF2N3O4/c1-8-4-11(17)15(20-5-8)21-14-10(2-3-12(18)13(14)19)16(25)22-26-7-9(24)6-23/h2-5,9,23-24H,6-7H2,1H3,(H,20,21)(H,22,25)/t9-/m1/s1. The lowest BCUT2D eigenvalue weighted by molar-refractivity contribution is -0.0295. The summed E-state index contributed by atoms with van der Waals surface area (Å²) in [6.45, 7) is 0.877. The molecule has 0 bridgehead atoms. The van der Waals surface area contributed by atoms with Crippen LogP contribution in [0.15, 0.2) is 28.9 Å². The van der Waals surface area contributed by atoms with Crippen LogP contribution in [0, 0.1) is 18.6 Å². The summed E-state index contributed by atoms with van der Waals surface area (Å²) in [6, 6.07) is 3.59. The van der Waals surface area contributed by atoms with Gasteiger partial charge >= 0.3 is 0 Å². The minimum absolute atomic E-state index is 0.186. The summed E-state index contributed by atoms with van der Waals surface area (Å²) in [4.78, 5) is 21.0. The number of halogens is 3. The second-order valence-electron chi connectivity index (χ2n) is 5.33. The Bertz CT molecular complexity index is 807. The Morgan fingerprint density at radius 3 is 2.81 bits per heavy atom. The van der Waals surface area contributed by atoms with Crippen LogP contribution in [0.3, 0.4) is 0 Å².